The predicted octanol–water partition coefficient (Wildman–Crippen LogP) is 1.42. The van der Waals surface area contributed by atoms with Crippen LogP contribution in [0.4, 0.5) is 5.69 Å². The number of hydrogen-bond acceptors (Lipinski definition) is 5. The maximum absolute atomic E-state index is 12.3. The number of hydrogen-bond donors (Lipinski definition) is 2. The van der Waals surface area contributed by atoms with E-state index in [-0.39, 0.29) is 5.03 Å². The number of aryl methyl sites for hydroxylation is 1. The molecule has 0 saturated carbocycles. The highest BCUT2D eigenvalue weighted by atomic mass is 32.2. The molecule has 0 aliphatic carbocycles. The highest BCUT2D eigenvalue weighted by molar-refractivity contribution is 7.92. The summed E-state index contributed by atoms with van der Waals surface area (Å²) < 4.78 is 28.3. The molecular weight excluding hydrogens is 280 g/mol. The number of para-hydroxylation sites is 1. The van der Waals surface area contributed by atoms with Crippen molar-refractivity contribution in [1.29, 1.82) is 0 Å². The number of rotatable bonds is 4. The van der Waals surface area contributed by atoms with E-state index in [9.17, 15) is 8.42 Å². The van der Waals surface area contributed by atoms with Gasteiger partial charge >= 0.3 is 0 Å². The Morgan fingerprint density at radius 1 is 1.35 bits per heavy atom. The van der Waals surface area contributed by atoms with Crippen LogP contribution in [0.3, 0.4) is 0 Å². The molecule has 0 fully saturated rings. The van der Waals surface area contributed by atoms with Crippen LogP contribution in [-0.2, 0) is 17.1 Å². The first-order chi connectivity index (χ1) is 9.45. The summed E-state index contributed by atoms with van der Waals surface area (Å²) in [6.45, 7) is 1.58. The summed E-state index contributed by atoms with van der Waals surface area (Å²) in [7, 11) is -2.21. The Balaban J connectivity index is 2.43. The van der Waals surface area contributed by atoms with E-state index in [1.165, 1.54) is 16.9 Å². The maximum atomic E-state index is 12.3. The fraction of sp³-hybridized carbons (Fsp3) is 0.167. The zero-order chi connectivity index (χ0) is 14.8. The molecule has 0 unspecified atom stereocenters. The molecule has 0 aliphatic rings. The third kappa shape index (κ3) is 2.64. The van der Waals surface area contributed by atoms with Crippen LogP contribution >= 0.6 is 0 Å². The first-order valence-corrected chi connectivity index (χ1v) is 7.23. The van der Waals surface area contributed by atoms with Crippen molar-refractivity contribution in [3.05, 3.63) is 42.1 Å². The predicted molar refractivity (Wildman–Crippen MR) is 74.5 cm³/mol. The SMILES string of the molecule is C/C(=N/O)c1ccccc1NS(=O)(=O)c1ccnn1C. The minimum absolute atomic E-state index is 0.0471. The van der Waals surface area contributed by atoms with Gasteiger partial charge in [0.2, 0.25) is 0 Å². The molecule has 2 rings (SSSR count). The molecule has 0 spiro atoms. The highest BCUT2D eigenvalue weighted by Gasteiger charge is 2.19. The van der Waals surface area contributed by atoms with Crippen molar-refractivity contribution in [2.24, 2.45) is 12.2 Å². The van der Waals surface area contributed by atoms with Gasteiger partial charge in [0, 0.05) is 12.6 Å². The molecule has 0 saturated heterocycles. The summed E-state index contributed by atoms with van der Waals surface area (Å²) in [6.07, 6.45) is 1.40. The number of nitrogens with one attached hydrogen (secondary N) is 1. The Bertz CT molecular complexity index is 750. The van der Waals surface area contributed by atoms with Crippen LogP contribution in [-0.4, -0.2) is 29.1 Å². The molecule has 0 aliphatic heterocycles. The monoisotopic (exact) mass is 294 g/mol. The minimum atomic E-state index is -3.75. The van der Waals surface area contributed by atoms with Gasteiger partial charge in [0.05, 0.1) is 17.6 Å². The molecule has 8 heteroatoms. The van der Waals surface area contributed by atoms with Gasteiger partial charge in [-0.05, 0) is 19.1 Å². The van der Waals surface area contributed by atoms with Gasteiger partial charge in [0.1, 0.15) is 0 Å². The molecule has 2 N–H and O–H groups in total. The van der Waals surface area contributed by atoms with Crippen molar-refractivity contribution in [1.82, 2.24) is 9.78 Å². The van der Waals surface area contributed by atoms with E-state index in [0.29, 0.717) is 17.0 Å². The van der Waals surface area contributed by atoms with Crippen molar-refractivity contribution in [2.45, 2.75) is 11.9 Å². The van der Waals surface area contributed by atoms with Gasteiger partial charge in [-0.3, -0.25) is 9.40 Å². The number of oxime groups is 1. The second-order valence-corrected chi connectivity index (χ2v) is 5.76. The molecular formula is C12H14N4O3S. The second-order valence-electron chi connectivity index (χ2n) is 4.13. The summed E-state index contributed by atoms with van der Waals surface area (Å²) >= 11 is 0. The smallest absolute Gasteiger partial charge is 0.279 e. The Morgan fingerprint density at radius 2 is 2.05 bits per heavy atom. The zero-order valence-corrected chi connectivity index (χ0v) is 11.8. The van der Waals surface area contributed by atoms with Crippen LogP contribution in [0.5, 0.6) is 0 Å². The highest BCUT2D eigenvalue weighted by Crippen LogP contribution is 2.20. The van der Waals surface area contributed by atoms with Gasteiger partial charge in [-0.2, -0.15) is 13.5 Å². The average molecular weight is 294 g/mol. The normalized spacial score (nSPS) is 12.4. The van der Waals surface area contributed by atoms with Crippen LogP contribution in [0.25, 0.3) is 0 Å². The largest absolute Gasteiger partial charge is 0.411 e. The van der Waals surface area contributed by atoms with Crippen LogP contribution in [0.1, 0.15) is 12.5 Å². The van der Waals surface area contributed by atoms with E-state index < -0.39 is 10.0 Å². The van der Waals surface area contributed by atoms with Crippen molar-refractivity contribution in [2.75, 3.05) is 4.72 Å². The number of benzene rings is 1. The molecule has 2 aromatic rings. The van der Waals surface area contributed by atoms with Gasteiger partial charge in [-0.15, -0.1) is 0 Å². The Kier molecular flexibility index (Phi) is 3.75. The van der Waals surface area contributed by atoms with E-state index in [1.807, 2.05) is 0 Å². The van der Waals surface area contributed by atoms with Crippen molar-refractivity contribution in [3.8, 4) is 0 Å². The summed E-state index contributed by atoms with van der Waals surface area (Å²) in [5, 5.41) is 15.8. The van der Waals surface area contributed by atoms with Gasteiger partial charge in [0.25, 0.3) is 10.0 Å². The van der Waals surface area contributed by atoms with Crippen molar-refractivity contribution >= 4 is 21.4 Å². The first-order valence-electron chi connectivity index (χ1n) is 5.74. The fourth-order valence-corrected chi connectivity index (χ4v) is 2.97. The maximum Gasteiger partial charge on any atom is 0.279 e. The second kappa shape index (κ2) is 5.33. The zero-order valence-electron chi connectivity index (χ0n) is 11.0. The van der Waals surface area contributed by atoms with E-state index in [4.69, 9.17) is 5.21 Å². The molecule has 1 aromatic heterocycles. The summed E-state index contributed by atoms with van der Waals surface area (Å²) in [5.74, 6) is 0. The molecule has 20 heavy (non-hydrogen) atoms. The first kappa shape index (κ1) is 14.1. The molecule has 1 heterocycles. The van der Waals surface area contributed by atoms with Crippen molar-refractivity contribution < 1.29 is 13.6 Å². The molecule has 0 radical (unpaired) electrons. The van der Waals surface area contributed by atoms with E-state index >= 15 is 0 Å². The lowest BCUT2D eigenvalue weighted by Crippen LogP contribution is -2.18. The Hall–Kier alpha value is -2.35. The van der Waals surface area contributed by atoms with Crippen molar-refractivity contribution in [3.63, 3.8) is 0 Å². The third-order valence-corrected chi connectivity index (χ3v) is 4.20. The average Bonchev–Trinajstić information content (AvgIpc) is 2.85. The number of sulfonamides is 1. The van der Waals surface area contributed by atoms with Gasteiger partial charge in [-0.1, -0.05) is 23.4 Å². The summed E-state index contributed by atoms with van der Waals surface area (Å²) in [6, 6.07) is 8.08. The van der Waals surface area contributed by atoms with Gasteiger partial charge < -0.3 is 5.21 Å². The van der Waals surface area contributed by atoms with Gasteiger partial charge in [-0.25, -0.2) is 0 Å². The lowest BCUT2D eigenvalue weighted by Gasteiger charge is -2.11. The van der Waals surface area contributed by atoms with Crippen LogP contribution in [0.15, 0.2) is 46.7 Å². The molecule has 106 valence electrons. The molecule has 0 atom stereocenters. The van der Waals surface area contributed by atoms with Crippen LogP contribution < -0.4 is 4.72 Å². The quantitative estimate of drug-likeness (QED) is 0.506. The van der Waals surface area contributed by atoms with E-state index in [2.05, 4.69) is 15.0 Å². The van der Waals surface area contributed by atoms with E-state index in [1.54, 1.807) is 38.2 Å². The molecule has 7 nitrogen and oxygen atoms in total. The van der Waals surface area contributed by atoms with Crippen LogP contribution in [0, 0.1) is 0 Å². The summed E-state index contributed by atoms with van der Waals surface area (Å²) in [5.41, 5.74) is 1.15. The lowest BCUT2D eigenvalue weighted by atomic mass is 10.1. The Labute approximate surface area is 116 Å². The van der Waals surface area contributed by atoms with Crippen LogP contribution in [0.2, 0.25) is 0 Å². The fourth-order valence-electron chi connectivity index (χ4n) is 1.76. The standard InChI is InChI=1S/C12H14N4O3S/c1-9(14-17)10-5-3-4-6-11(10)15-20(18,19)12-7-8-13-16(12)2/h3-8,15,17H,1-2H3/b14-9-. The Morgan fingerprint density at radius 3 is 2.65 bits per heavy atom. The number of aromatic nitrogens is 2. The minimum Gasteiger partial charge on any atom is -0.411 e. The molecule has 0 amide bonds. The third-order valence-electron chi connectivity index (χ3n) is 2.76. The molecule has 1 aromatic carbocycles. The number of anilines is 1. The van der Waals surface area contributed by atoms with E-state index in [0.717, 1.165) is 0 Å². The summed E-state index contributed by atoms with van der Waals surface area (Å²) in [4.78, 5) is 0. The van der Waals surface area contributed by atoms with Gasteiger partial charge in [0.15, 0.2) is 5.03 Å². The lowest BCUT2D eigenvalue weighted by molar-refractivity contribution is 0.319. The molecule has 0 bridgehead atoms. The number of nitrogens with zero attached hydrogens (tertiary/aromatic N) is 3. The topological polar surface area (TPSA) is 96.6 Å².